The summed E-state index contributed by atoms with van der Waals surface area (Å²) in [5, 5.41) is 20.2. The first-order valence-electron chi connectivity index (χ1n) is 7.84. The topological polar surface area (TPSA) is 78.7 Å². The van der Waals surface area contributed by atoms with Gasteiger partial charge in [-0.2, -0.15) is 15.9 Å². The van der Waals surface area contributed by atoms with Gasteiger partial charge < -0.3 is 15.1 Å². The smallest absolute Gasteiger partial charge is 0.317 e. The number of carbonyl (C=O) groups excluding carboxylic acids is 1. The summed E-state index contributed by atoms with van der Waals surface area (Å²) in [5.74, 6) is 1.64. The lowest BCUT2D eigenvalue weighted by atomic mass is 10.2. The van der Waals surface area contributed by atoms with Gasteiger partial charge in [0, 0.05) is 37.1 Å². The molecule has 8 nitrogen and oxygen atoms in total. The quantitative estimate of drug-likeness (QED) is 0.754. The van der Waals surface area contributed by atoms with Crippen molar-refractivity contribution in [1.29, 1.82) is 0 Å². The predicted octanol–water partition coefficient (Wildman–Crippen LogP) is 1.07. The first-order chi connectivity index (χ1) is 11.8. The van der Waals surface area contributed by atoms with Gasteiger partial charge in [-0.1, -0.05) is 0 Å². The number of anilines is 1. The third kappa shape index (κ3) is 2.04. The Morgan fingerprint density at radius 2 is 2.17 bits per heavy atom. The first-order valence-corrected chi connectivity index (χ1v) is 8.78. The Bertz CT molecular complexity index is 906. The Morgan fingerprint density at radius 3 is 3.04 bits per heavy atom. The number of aromatic nitrogens is 4. The lowest BCUT2D eigenvalue weighted by molar-refractivity contribution is 0.197. The SMILES string of the molecule is O=C1NCC2CN(c3ccc4nnc(-c5ccsc5)n4n3)CCN12. The number of piperazine rings is 1. The molecule has 2 saturated heterocycles. The molecule has 1 N–H and O–H groups in total. The average Bonchev–Trinajstić information content (AvgIpc) is 3.33. The maximum Gasteiger partial charge on any atom is 0.317 e. The molecule has 2 aliphatic rings. The molecule has 0 radical (unpaired) electrons. The van der Waals surface area contributed by atoms with Gasteiger partial charge in [0.1, 0.15) is 5.82 Å². The summed E-state index contributed by atoms with van der Waals surface area (Å²) in [7, 11) is 0. The van der Waals surface area contributed by atoms with Gasteiger partial charge in [-0.3, -0.25) is 0 Å². The van der Waals surface area contributed by atoms with Crippen LogP contribution in [0.2, 0.25) is 0 Å². The van der Waals surface area contributed by atoms with E-state index in [0.717, 1.165) is 42.5 Å². The highest BCUT2D eigenvalue weighted by Crippen LogP contribution is 2.23. The number of hydrogen-bond donors (Lipinski definition) is 1. The minimum Gasteiger partial charge on any atom is -0.351 e. The van der Waals surface area contributed by atoms with Crippen LogP contribution in [-0.4, -0.2) is 63.0 Å². The van der Waals surface area contributed by atoms with Crippen LogP contribution < -0.4 is 10.2 Å². The van der Waals surface area contributed by atoms with Crippen LogP contribution in [0.3, 0.4) is 0 Å². The molecule has 2 fully saturated rings. The second kappa shape index (κ2) is 5.17. The zero-order chi connectivity index (χ0) is 16.1. The minimum absolute atomic E-state index is 0.0432. The zero-order valence-corrected chi connectivity index (χ0v) is 13.6. The van der Waals surface area contributed by atoms with E-state index in [-0.39, 0.29) is 12.1 Å². The molecule has 0 aliphatic carbocycles. The number of amides is 2. The molecular formula is C15H15N7OS. The second-order valence-corrected chi connectivity index (χ2v) is 6.76. The molecular weight excluding hydrogens is 326 g/mol. The van der Waals surface area contributed by atoms with Crippen molar-refractivity contribution in [2.75, 3.05) is 31.1 Å². The standard InChI is InChI=1S/C15H15N7OS/c23-15-16-7-11-8-20(4-5-21(11)15)13-2-1-12-17-18-14(22(12)19-13)10-3-6-24-9-10/h1-3,6,9,11H,4-5,7-8H2,(H,16,23). The van der Waals surface area contributed by atoms with Crippen LogP contribution in [-0.2, 0) is 0 Å². The number of nitrogens with one attached hydrogen (secondary N) is 1. The Hall–Kier alpha value is -2.68. The van der Waals surface area contributed by atoms with Crippen molar-refractivity contribution >= 4 is 28.8 Å². The molecule has 1 unspecified atom stereocenters. The molecule has 3 aromatic heterocycles. The Balaban J connectivity index is 1.49. The Kier molecular flexibility index (Phi) is 2.96. The molecule has 0 spiro atoms. The van der Waals surface area contributed by atoms with Crippen molar-refractivity contribution in [1.82, 2.24) is 30.0 Å². The lowest BCUT2D eigenvalue weighted by Crippen LogP contribution is -2.52. The van der Waals surface area contributed by atoms with Crippen molar-refractivity contribution < 1.29 is 4.79 Å². The molecule has 2 aliphatic heterocycles. The third-order valence-electron chi connectivity index (χ3n) is 4.58. The molecule has 2 amide bonds. The first kappa shape index (κ1) is 13.7. The van der Waals surface area contributed by atoms with Crippen LogP contribution in [0.5, 0.6) is 0 Å². The van der Waals surface area contributed by atoms with Gasteiger partial charge in [0.15, 0.2) is 11.5 Å². The van der Waals surface area contributed by atoms with Crippen LogP contribution in [0.1, 0.15) is 0 Å². The third-order valence-corrected chi connectivity index (χ3v) is 5.27. The van der Waals surface area contributed by atoms with Gasteiger partial charge in [0.05, 0.1) is 6.04 Å². The second-order valence-electron chi connectivity index (χ2n) is 5.98. The Labute approximate surface area is 141 Å². The van der Waals surface area contributed by atoms with E-state index in [1.807, 2.05) is 33.9 Å². The van der Waals surface area contributed by atoms with E-state index < -0.39 is 0 Å². The number of fused-ring (bicyclic) bond motifs is 2. The van der Waals surface area contributed by atoms with Crippen molar-refractivity contribution in [3.8, 4) is 11.4 Å². The maximum absolute atomic E-state index is 11.7. The van der Waals surface area contributed by atoms with Crippen molar-refractivity contribution in [3.63, 3.8) is 0 Å². The van der Waals surface area contributed by atoms with Crippen molar-refractivity contribution in [2.45, 2.75) is 6.04 Å². The summed E-state index contributed by atoms with van der Waals surface area (Å²) in [6.45, 7) is 2.98. The van der Waals surface area contributed by atoms with Crippen molar-refractivity contribution in [2.24, 2.45) is 0 Å². The van der Waals surface area contributed by atoms with Crippen molar-refractivity contribution in [3.05, 3.63) is 29.0 Å². The normalized spacial score (nSPS) is 20.5. The van der Waals surface area contributed by atoms with Gasteiger partial charge in [-0.25, -0.2) is 4.79 Å². The van der Waals surface area contributed by atoms with E-state index in [9.17, 15) is 4.79 Å². The molecule has 122 valence electrons. The number of thiophene rings is 1. The zero-order valence-electron chi connectivity index (χ0n) is 12.8. The summed E-state index contributed by atoms with van der Waals surface area (Å²) in [5.41, 5.74) is 1.75. The number of rotatable bonds is 2. The molecule has 5 rings (SSSR count). The number of hydrogen-bond acceptors (Lipinski definition) is 6. The van der Waals surface area contributed by atoms with Gasteiger partial charge in [0.25, 0.3) is 0 Å². The highest BCUT2D eigenvalue weighted by molar-refractivity contribution is 7.08. The van der Waals surface area contributed by atoms with E-state index in [1.54, 1.807) is 15.9 Å². The summed E-state index contributed by atoms with van der Waals surface area (Å²) in [4.78, 5) is 15.9. The van der Waals surface area contributed by atoms with E-state index in [0.29, 0.717) is 6.54 Å². The summed E-state index contributed by atoms with van der Waals surface area (Å²) < 4.78 is 1.79. The molecule has 0 aromatic carbocycles. The van der Waals surface area contributed by atoms with Gasteiger partial charge >= 0.3 is 6.03 Å². The summed E-state index contributed by atoms with van der Waals surface area (Å²) in [6, 6.07) is 6.18. The highest BCUT2D eigenvalue weighted by atomic mass is 32.1. The van der Waals surface area contributed by atoms with E-state index in [4.69, 9.17) is 5.10 Å². The van der Waals surface area contributed by atoms with E-state index in [1.165, 1.54) is 0 Å². The molecule has 0 saturated carbocycles. The number of carbonyl (C=O) groups is 1. The fourth-order valence-corrected chi connectivity index (χ4v) is 3.97. The van der Waals surface area contributed by atoms with Gasteiger partial charge in [-0.15, -0.1) is 15.3 Å². The van der Waals surface area contributed by atoms with Crippen LogP contribution in [0, 0.1) is 0 Å². The fourth-order valence-electron chi connectivity index (χ4n) is 3.33. The van der Waals surface area contributed by atoms with Crippen LogP contribution in [0.4, 0.5) is 10.6 Å². The molecule has 9 heteroatoms. The van der Waals surface area contributed by atoms with E-state index in [2.05, 4.69) is 20.4 Å². The summed E-state index contributed by atoms with van der Waals surface area (Å²) >= 11 is 1.63. The highest BCUT2D eigenvalue weighted by Gasteiger charge is 2.35. The lowest BCUT2D eigenvalue weighted by Gasteiger charge is -2.36. The van der Waals surface area contributed by atoms with Crippen LogP contribution >= 0.6 is 11.3 Å². The maximum atomic E-state index is 11.7. The molecule has 24 heavy (non-hydrogen) atoms. The summed E-state index contributed by atoms with van der Waals surface area (Å²) in [6.07, 6.45) is 0. The largest absolute Gasteiger partial charge is 0.351 e. The number of nitrogens with zero attached hydrogens (tertiary/aromatic N) is 6. The average molecular weight is 341 g/mol. The predicted molar refractivity (Wildman–Crippen MR) is 90.2 cm³/mol. The van der Waals surface area contributed by atoms with E-state index >= 15 is 0 Å². The van der Waals surface area contributed by atoms with Crippen LogP contribution in [0.25, 0.3) is 17.0 Å². The minimum atomic E-state index is 0.0432. The number of urea groups is 1. The molecule has 3 aromatic rings. The molecule has 5 heterocycles. The van der Waals surface area contributed by atoms with Crippen LogP contribution in [0.15, 0.2) is 29.0 Å². The van der Waals surface area contributed by atoms with Gasteiger partial charge in [-0.05, 0) is 23.6 Å². The Morgan fingerprint density at radius 1 is 1.21 bits per heavy atom. The van der Waals surface area contributed by atoms with Gasteiger partial charge in [0.2, 0.25) is 0 Å². The fraction of sp³-hybridized carbons (Fsp3) is 0.333. The monoisotopic (exact) mass is 341 g/mol. The molecule has 1 atom stereocenters. The molecule has 0 bridgehead atoms.